The van der Waals surface area contributed by atoms with E-state index >= 15 is 0 Å². The Labute approximate surface area is 63.8 Å². The highest BCUT2D eigenvalue weighted by molar-refractivity contribution is 5.32. The van der Waals surface area contributed by atoms with Crippen molar-refractivity contribution < 1.29 is 4.42 Å². The summed E-state index contributed by atoms with van der Waals surface area (Å²) in [6, 6.07) is 0. The van der Waals surface area contributed by atoms with Gasteiger partial charge in [0.1, 0.15) is 0 Å². The first-order chi connectivity index (χ1) is 5.23. The molecule has 3 aliphatic rings. The largest absolute Gasteiger partial charge is 0.427 e. The van der Waals surface area contributed by atoms with E-state index in [1.54, 1.807) is 0 Å². The van der Waals surface area contributed by atoms with Crippen LogP contribution in [0, 0.1) is 0 Å². The second-order valence-electron chi connectivity index (χ2n) is 3.92. The maximum absolute atomic E-state index is 5.89. The lowest BCUT2D eigenvalue weighted by Gasteiger charge is -2.66. The quantitative estimate of drug-likeness (QED) is 0.622. The Morgan fingerprint density at radius 3 is 2.64 bits per heavy atom. The highest BCUT2D eigenvalue weighted by atomic mass is 16.4. The maximum atomic E-state index is 5.89. The smallest absolute Gasteiger partial charge is 0.222 e. The minimum atomic E-state index is 0.120. The summed E-state index contributed by atoms with van der Waals surface area (Å²) in [6.45, 7) is 0. The third kappa shape index (κ3) is 0.506. The lowest BCUT2D eigenvalue weighted by atomic mass is 9.40. The van der Waals surface area contributed by atoms with Gasteiger partial charge in [0, 0.05) is 5.54 Å². The maximum Gasteiger partial charge on any atom is 0.222 e. The molecule has 0 spiro atoms. The van der Waals surface area contributed by atoms with Crippen LogP contribution >= 0.6 is 0 Å². The summed E-state index contributed by atoms with van der Waals surface area (Å²) >= 11 is 0. The van der Waals surface area contributed by atoms with E-state index in [0.717, 1.165) is 25.2 Å². The molecular weight excluding hydrogens is 142 g/mol. The van der Waals surface area contributed by atoms with Gasteiger partial charge in [-0.05, 0) is 19.3 Å². The molecule has 4 nitrogen and oxygen atoms in total. The predicted octanol–water partition coefficient (Wildman–Crippen LogP) is 0.202. The van der Waals surface area contributed by atoms with Crippen LogP contribution in [0.4, 0.5) is 0 Å². The molecule has 1 heterocycles. The van der Waals surface area contributed by atoms with E-state index in [-0.39, 0.29) is 11.0 Å². The fourth-order valence-electron chi connectivity index (χ4n) is 2.50. The fraction of sp³-hybridized carbons (Fsp3) is 0.714. The molecule has 0 aromatic carbocycles. The van der Waals surface area contributed by atoms with Crippen LogP contribution in [0.15, 0.2) is 10.8 Å². The number of nitrogens with zero attached hydrogens (tertiary/aromatic N) is 2. The van der Waals surface area contributed by atoms with Crippen molar-refractivity contribution in [3.8, 4) is 0 Å². The molecule has 3 fully saturated rings. The van der Waals surface area contributed by atoms with Gasteiger partial charge in [-0.15, -0.1) is 10.2 Å². The van der Waals surface area contributed by atoms with E-state index in [4.69, 9.17) is 10.2 Å². The average Bonchev–Trinajstić information content (AvgIpc) is 2.28. The van der Waals surface area contributed by atoms with Crippen LogP contribution in [-0.2, 0) is 5.41 Å². The van der Waals surface area contributed by atoms with E-state index in [0.29, 0.717) is 0 Å². The monoisotopic (exact) mass is 151 g/mol. The number of hydrogen-bond acceptors (Lipinski definition) is 4. The third-order valence-corrected chi connectivity index (χ3v) is 2.89. The van der Waals surface area contributed by atoms with Crippen LogP contribution in [0.3, 0.4) is 0 Å². The first-order valence-electron chi connectivity index (χ1n) is 3.78. The summed E-state index contributed by atoms with van der Waals surface area (Å²) in [5, 5.41) is 7.57. The minimum absolute atomic E-state index is 0.120. The summed E-state index contributed by atoms with van der Waals surface area (Å²) in [5.41, 5.74) is 6.19. The van der Waals surface area contributed by atoms with Gasteiger partial charge < -0.3 is 10.2 Å². The zero-order valence-corrected chi connectivity index (χ0v) is 6.08. The molecule has 1 aromatic rings. The molecular formula is C7H9N3O. The fourth-order valence-corrected chi connectivity index (χ4v) is 2.50. The standard InChI is InChI=1S/C7H9N3O/c8-7-1-6(2-7,3-7)5-10-9-4-11-5/h4H,1-3,8H2. The Morgan fingerprint density at radius 2 is 2.18 bits per heavy atom. The Kier molecular flexibility index (Phi) is 0.696. The molecule has 2 N–H and O–H groups in total. The zero-order valence-electron chi connectivity index (χ0n) is 6.08. The van der Waals surface area contributed by atoms with Gasteiger partial charge in [-0.1, -0.05) is 0 Å². The second kappa shape index (κ2) is 1.34. The zero-order chi connectivity index (χ0) is 7.53. The lowest BCUT2D eigenvalue weighted by molar-refractivity contribution is -0.0767. The van der Waals surface area contributed by atoms with Crippen molar-refractivity contribution in [1.29, 1.82) is 0 Å². The van der Waals surface area contributed by atoms with Gasteiger partial charge in [-0.2, -0.15) is 0 Å². The summed E-state index contributed by atoms with van der Waals surface area (Å²) in [6.07, 6.45) is 4.48. The van der Waals surface area contributed by atoms with Crippen molar-refractivity contribution in [3.63, 3.8) is 0 Å². The summed E-state index contributed by atoms with van der Waals surface area (Å²) in [4.78, 5) is 0. The van der Waals surface area contributed by atoms with E-state index in [1.165, 1.54) is 6.39 Å². The Morgan fingerprint density at radius 1 is 1.45 bits per heavy atom. The van der Waals surface area contributed by atoms with Gasteiger partial charge in [-0.3, -0.25) is 0 Å². The summed E-state index contributed by atoms with van der Waals surface area (Å²) in [7, 11) is 0. The van der Waals surface area contributed by atoms with Crippen molar-refractivity contribution in [1.82, 2.24) is 10.2 Å². The molecule has 3 aliphatic carbocycles. The lowest BCUT2D eigenvalue weighted by Crippen LogP contribution is -2.74. The molecule has 0 unspecified atom stereocenters. The second-order valence-corrected chi connectivity index (χ2v) is 3.92. The Balaban J connectivity index is 1.94. The van der Waals surface area contributed by atoms with Crippen molar-refractivity contribution >= 4 is 0 Å². The van der Waals surface area contributed by atoms with E-state index in [9.17, 15) is 0 Å². The molecule has 58 valence electrons. The topological polar surface area (TPSA) is 64.9 Å². The van der Waals surface area contributed by atoms with E-state index < -0.39 is 0 Å². The Hall–Kier alpha value is -0.900. The summed E-state index contributed by atoms with van der Waals surface area (Å²) in [5.74, 6) is 0.782. The highest BCUT2D eigenvalue weighted by Crippen LogP contribution is 2.65. The number of aromatic nitrogens is 2. The number of rotatable bonds is 1. The van der Waals surface area contributed by atoms with Crippen LogP contribution < -0.4 is 5.73 Å². The normalized spacial score (nSPS) is 46.3. The molecule has 0 atom stereocenters. The van der Waals surface area contributed by atoms with Gasteiger partial charge in [0.2, 0.25) is 12.3 Å². The van der Waals surface area contributed by atoms with E-state index in [2.05, 4.69) is 10.2 Å². The van der Waals surface area contributed by atoms with Gasteiger partial charge in [-0.25, -0.2) is 0 Å². The highest BCUT2D eigenvalue weighted by Gasteiger charge is 2.69. The molecule has 0 radical (unpaired) electrons. The molecule has 0 amide bonds. The Bertz CT molecular complexity index is 273. The molecule has 4 heteroatoms. The molecule has 3 saturated carbocycles. The molecule has 2 bridgehead atoms. The van der Waals surface area contributed by atoms with Crippen molar-refractivity contribution in [2.45, 2.75) is 30.2 Å². The van der Waals surface area contributed by atoms with Crippen molar-refractivity contribution in [2.24, 2.45) is 5.73 Å². The van der Waals surface area contributed by atoms with Crippen LogP contribution in [0.5, 0.6) is 0 Å². The molecule has 1 aromatic heterocycles. The van der Waals surface area contributed by atoms with Crippen molar-refractivity contribution in [3.05, 3.63) is 12.3 Å². The first kappa shape index (κ1) is 5.71. The average molecular weight is 151 g/mol. The van der Waals surface area contributed by atoms with Crippen LogP contribution in [0.1, 0.15) is 25.2 Å². The van der Waals surface area contributed by atoms with Crippen LogP contribution in [0.25, 0.3) is 0 Å². The third-order valence-electron chi connectivity index (χ3n) is 2.89. The van der Waals surface area contributed by atoms with Crippen LogP contribution in [0.2, 0.25) is 0 Å². The van der Waals surface area contributed by atoms with Crippen LogP contribution in [-0.4, -0.2) is 15.7 Å². The van der Waals surface area contributed by atoms with Gasteiger partial charge in [0.25, 0.3) is 0 Å². The first-order valence-corrected chi connectivity index (χ1v) is 3.78. The molecule has 0 saturated heterocycles. The van der Waals surface area contributed by atoms with Crippen molar-refractivity contribution in [2.75, 3.05) is 0 Å². The number of hydrogen-bond donors (Lipinski definition) is 1. The van der Waals surface area contributed by atoms with Gasteiger partial charge in [0.05, 0.1) is 5.41 Å². The van der Waals surface area contributed by atoms with Gasteiger partial charge in [0.15, 0.2) is 0 Å². The molecule has 4 rings (SSSR count). The summed E-state index contributed by atoms with van der Waals surface area (Å²) < 4.78 is 5.15. The number of nitrogens with two attached hydrogens (primary N) is 1. The molecule has 11 heavy (non-hydrogen) atoms. The molecule has 0 aliphatic heterocycles. The predicted molar refractivity (Wildman–Crippen MR) is 36.7 cm³/mol. The minimum Gasteiger partial charge on any atom is -0.427 e. The van der Waals surface area contributed by atoms with E-state index in [1.807, 2.05) is 0 Å². The van der Waals surface area contributed by atoms with Gasteiger partial charge >= 0.3 is 0 Å². The SMILES string of the molecule is NC12CC(c3nnco3)(C1)C2.